The van der Waals surface area contributed by atoms with E-state index in [-0.39, 0.29) is 5.04 Å². The first kappa shape index (κ1) is 12.9. The third-order valence-corrected chi connectivity index (χ3v) is 9.81. The molecule has 0 N–H and O–H groups in total. The molecule has 0 aliphatic rings. The predicted octanol–water partition coefficient (Wildman–Crippen LogP) is 4.28. The second-order valence-electron chi connectivity index (χ2n) is 5.98. The second-order valence-corrected chi connectivity index (χ2v) is 12.7. The van der Waals surface area contributed by atoms with Crippen molar-refractivity contribution in [3.05, 3.63) is 29.2 Å². The van der Waals surface area contributed by atoms with Crippen LogP contribution in [0.3, 0.4) is 0 Å². The maximum absolute atomic E-state index is 6.31. The molecule has 3 heteroatoms. The van der Waals surface area contributed by atoms with Crippen LogP contribution in [0.5, 0.6) is 5.75 Å². The molecule has 0 aliphatic heterocycles. The van der Waals surface area contributed by atoms with Crippen molar-refractivity contribution in [3.8, 4) is 5.75 Å². The molecule has 0 amide bonds. The zero-order valence-corrected chi connectivity index (χ0v) is 13.9. The molecule has 0 spiro atoms. The summed E-state index contributed by atoms with van der Waals surface area (Å²) in [5.41, 5.74) is 0. The molecule has 0 fully saturated rings. The van der Waals surface area contributed by atoms with Crippen molar-refractivity contribution in [1.82, 2.24) is 0 Å². The Morgan fingerprint density at radius 2 is 1.82 bits per heavy atom. The Bertz CT molecular complexity index is 522. The Hall–Kier alpha value is -0.504. The Kier molecular flexibility index (Phi) is 3.28. The van der Waals surface area contributed by atoms with E-state index in [1.54, 1.807) is 0 Å². The number of hydrogen-bond acceptors (Lipinski definition) is 1. The van der Waals surface area contributed by atoms with Gasteiger partial charge in [-0.25, -0.2) is 0 Å². The molecule has 0 saturated carbocycles. The van der Waals surface area contributed by atoms with Gasteiger partial charge in [-0.2, -0.15) is 0 Å². The van der Waals surface area contributed by atoms with Crippen molar-refractivity contribution in [2.24, 2.45) is 0 Å². The quantitative estimate of drug-likeness (QED) is 0.752. The topological polar surface area (TPSA) is 9.23 Å². The first-order valence-corrected chi connectivity index (χ1v) is 10.7. The number of rotatable bonds is 2. The van der Waals surface area contributed by atoms with E-state index >= 15 is 0 Å². The van der Waals surface area contributed by atoms with Gasteiger partial charge in [0.15, 0.2) is 0 Å². The molecule has 0 unspecified atom stereocenters. The average Bonchev–Trinajstić information content (AvgIpc) is 2.62. The first-order valence-electron chi connectivity index (χ1n) is 5.96. The van der Waals surface area contributed by atoms with Gasteiger partial charge in [-0.15, -0.1) is 0 Å². The average molecular weight is 311 g/mol. The second kappa shape index (κ2) is 4.31. The Morgan fingerprint density at radius 3 is 2.47 bits per heavy atom. The third-order valence-electron chi connectivity index (χ3n) is 3.61. The fourth-order valence-electron chi connectivity index (χ4n) is 1.45. The summed E-state index contributed by atoms with van der Waals surface area (Å²) in [5.74, 6) is 1.06. The van der Waals surface area contributed by atoms with Gasteiger partial charge in [0.25, 0.3) is 0 Å². The standard InChI is InChI=1S/C14H20OSeSi/c1-14(2,3)17(4,5)15-12-7-6-11-8-9-16-13(11)10-12/h6-10H,1-5H3. The van der Waals surface area contributed by atoms with E-state index in [0.717, 1.165) is 5.75 Å². The number of fused-ring (bicyclic) bond motifs is 1. The minimum atomic E-state index is -1.69. The van der Waals surface area contributed by atoms with Gasteiger partial charge in [0, 0.05) is 0 Å². The van der Waals surface area contributed by atoms with E-state index in [0.29, 0.717) is 14.5 Å². The predicted molar refractivity (Wildman–Crippen MR) is 78.7 cm³/mol. The molecular weight excluding hydrogens is 291 g/mol. The van der Waals surface area contributed by atoms with Gasteiger partial charge < -0.3 is 0 Å². The summed E-state index contributed by atoms with van der Waals surface area (Å²) in [6, 6.07) is 8.75. The van der Waals surface area contributed by atoms with E-state index in [2.05, 4.69) is 63.1 Å². The molecule has 2 rings (SSSR count). The normalized spacial score (nSPS) is 13.0. The monoisotopic (exact) mass is 312 g/mol. The first-order chi connectivity index (χ1) is 7.79. The van der Waals surface area contributed by atoms with E-state index in [1.165, 1.54) is 9.65 Å². The van der Waals surface area contributed by atoms with Gasteiger partial charge >= 0.3 is 111 Å². The molecule has 2 aromatic rings. The van der Waals surface area contributed by atoms with Crippen LogP contribution in [-0.2, 0) is 0 Å². The molecule has 17 heavy (non-hydrogen) atoms. The van der Waals surface area contributed by atoms with E-state index in [9.17, 15) is 0 Å². The van der Waals surface area contributed by atoms with Crippen LogP contribution in [0.15, 0.2) is 29.2 Å². The van der Waals surface area contributed by atoms with Crippen LogP contribution in [0.4, 0.5) is 0 Å². The van der Waals surface area contributed by atoms with E-state index < -0.39 is 8.32 Å². The number of benzene rings is 1. The van der Waals surface area contributed by atoms with Crippen LogP contribution < -0.4 is 4.43 Å². The van der Waals surface area contributed by atoms with Crippen LogP contribution in [0, 0.1) is 0 Å². The fourth-order valence-corrected chi connectivity index (χ4v) is 4.18. The van der Waals surface area contributed by atoms with Crippen LogP contribution in [0.25, 0.3) is 9.65 Å². The molecule has 1 aromatic heterocycles. The molecule has 0 bridgehead atoms. The summed E-state index contributed by atoms with van der Waals surface area (Å²) in [4.78, 5) is 2.27. The summed E-state index contributed by atoms with van der Waals surface area (Å²) < 4.78 is 7.77. The van der Waals surface area contributed by atoms with Crippen molar-refractivity contribution in [1.29, 1.82) is 0 Å². The minimum absolute atomic E-state index is 0.259. The van der Waals surface area contributed by atoms with Crippen LogP contribution in [-0.4, -0.2) is 22.8 Å². The van der Waals surface area contributed by atoms with Crippen molar-refractivity contribution < 1.29 is 4.43 Å². The molecular formula is C14H20OSeSi. The zero-order valence-electron chi connectivity index (χ0n) is 11.2. The number of hydrogen-bond donors (Lipinski definition) is 0. The van der Waals surface area contributed by atoms with Crippen molar-refractivity contribution >= 4 is 32.5 Å². The summed E-state index contributed by atoms with van der Waals surface area (Å²) in [7, 11) is -1.69. The van der Waals surface area contributed by atoms with Crippen LogP contribution in [0.2, 0.25) is 18.1 Å². The fraction of sp³-hybridized carbons (Fsp3) is 0.429. The molecule has 1 heterocycles. The van der Waals surface area contributed by atoms with Crippen molar-refractivity contribution in [3.63, 3.8) is 0 Å². The molecule has 0 saturated heterocycles. The Labute approximate surface area is 111 Å². The zero-order chi connectivity index (χ0) is 12.7. The van der Waals surface area contributed by atoms with Gasteiger partial charge in [0.2, 0.25) is 0 Å². The van der Waals surface area contributed by atoms with Gasteiger partial charge in [-0.05, 0) is 0 Å². The van der Waals surface area contributed by atoms with E-state index in [4.69, 9.17) is 4.43 Å². The van der Waals surface area contributed by atoms with Gasteiger partial charge in [0.1, 0.15) is 0 Å². The molecule has 92 valence electrons. The summed E-state index contributed by atoms with van der Waals surface area (Å²) in [5, 5.41) is 1.63. The summed E-state index contributed by atoms with van der Waals surface area (Å²) >= 11 is 0.502. The molecule has 0 radical (unpaired) electrons. The van der Waals surface area contributed by atoms with Crippen LogP contribution in [0.1, 0.15) is 20.8 Å². The Morgan fingerprint density at radius 1 is 1.12 bits per heavy atom. The molecule has 0 aliphatic carbocycles. The van der Waals surface area contributed by atoms with Crippen LogP contribution >= 0.6 is 0 Å². The van der Waals surface area contributed by atoms with Crippen molar-refractivity contribution in [2.75, 3.05) is 0 Å². The van der Waals surface area contributed by atoms with E-state index in [1.807, 2.05) is 0 Å². The summed E-state index contributed by atoms with van der Waals surface area (Å²) in [6.45, 7) is 11.4. The van der Waals surface area contributed by atoms with Gasteiger partial charge in [0.05, 0.1) is 0 Å². The van der Waals surface area contributed by atoms with Gasteiger partial charge in [-0.3, -0.25) is 0 Å². The Balaban J connectivity index is 2.29. The van der Waals surface area contributed by atoms with Crippen molar-refractivity contribution in [2.45, 2.75) is 38.9 Å². The molecule has 1 aromatic carbocycles. The maximum atomic E-state index is 6.31. The SMILES string of the molecule is CC(C)(C)[Si](C)(C)Oc1ccc2cc[se]c2c1. The summed E-state index contributed by atoms with van der Waals surface area (Å²) in [6.07, 6.45) is 0. The third kappa shape index (κ3) is 2.67. The van der Waals surface area contributed by atoms with Gasteiger partial charge in [-0.1, -0.05) is 0 Å². The molecule has 1 nitrogen and oxygen atoms in total. The molecule has 0 atom stereocenters.